The van der Waals surface area contributed by atoms with E-state index in [1.54, 1.807) is 7.11 Å². The summed E-state index contributed by atoms with van der Waals surface area (Å²) in [6.07, 6.45) is 0. The smallest absolute Gasteiger partial charge is 0.131 e. The lowest BCUT2D eigenvalue weighted by Crippen LogP contribution is -2.07. The number of alkyl halides is 1. The van der Waals surface area contributed by atoms with Gasteiger partial charge in [-0.25, -0.2) is 0 Å². The lowest BCUT2D eigenvalue weighted by atomic mass is 10.2. The second-order valence-corrected chi connectivity index (χ2v) is 5.91. The van der Waals surface area contributed by atoms with Crippen molar-refractivity contribution in [3.63, 3.8) is 0 Å². The second kappa shape index (κ2) is 7.31. The number of nitrogens with zero attached hydrogens (tertiary/aromatic N) is 2. The first kappa shape index (κ1) is 16.4. The molecule has 1 heterocycles. The van der Waals surface area contributed by atoms with Gasteiger partial charge in [0.05, 0.1) is 23.0 Å². The van der Waals surface area contributed by atoms with Crippen LogP contribution in [0.25, 0.3) is 0 Å². The summed E-state index contributed by atoms with van der Waals surface area (Å²) in [5, 5.41) is 5.19. The molecule has 0 saturated carbocycles. The molecule has 0 aliphatic heterocycles. The van der Waals surface area contributed by atoms with Crippen LogP contribution < -0.4 is 9.47 Å². The normalized spacial score (nSPS) is 10.7. The van der Waals surface area contributed by atoms with E-state index in [1.165, 1.54) is 0 Å². The molecule has 0 radical (unpaired) electrons. The second-order valence-electron chi connectivity index (χ2n) is 4.56. The van der Waals surface area contributed by atoms with Gasteiger partial charge in [0.25, 0.3) is 0 Å². The maximum absolute atomic E-state index is 5.97. The molecule has 2 aromatic rings. The van der Waals surface area contributed by atoms with Gasteiger partial charge in [0.2, 0.25) is 0 Å². The molecule has 1 aromatic carbocycles. The van der Waals surface area contributed by atoms with Crippen molar-refractivity contribution in [2.45, 2.75) is 32.3 Å². The van der Waals surface area contributed by atoms with E-state index in [9.17, 15) is 0 Å². The van der Waals surface area contributed by atoms with Gasteiger partial charge in [-0.05, 0) is 48.0 Å². The third-order valence-electron chi connectivity index (χ3n) is 3.23. The fourth-order valence-electron chi connectivity index (χ4n) is 2.08. The number of hydrogen-bond acceptors (Lipinski definition) is 3. The predicted molar refractivity (Wildman–Crippen MR) is 90.3 cm³/mol. The SMILES string of the molecule is CCn1nc(C)c(Br)c1COc1ccc(OC)cc1CBr. The highest BCUT2D eigenvalue weighted by Gasteiger charge is 2.13. The minimum atomic E-state index is 0.474. The summed E-state index contributed by atoms with van der Waals surface area (Å²) in [5.41, 5.74) is 3.09. The highest BCUT2D eigenvalue weighted by atomic mass is 79.9. The van der Waals surface area contributed by atoms with Gasteiger partial charge in [-0.3, -0.25) is 4.68 Å². The maximum atomic E-state index is 5.97. The van der Waals surface area contributed by atoms with Gasteiger partial charge in [0.1, 0.15) is 18.1 Å². The highest BCUT2D eigenvalue weighted by molar-refractivity contribution is 9.10. The zero-order chi connectivity index (χ0) is 15.4. The molecule has 0 fully saturated rings. The molecule has 1 aromatic heterocycles. The molecular formula is C15H18Br2N2O2. The lowest BCUT2D eigenvalue weighted by molar-refractivity contribution is 0.289. The minimum absolute atomic E-state index is 0.474. The Balaban J connectivity index is 2.20. The van der Waals surface area contributed by atoms with Crippen molar-refractivity contribution in [3.05, 3.63) is 39.6 Å². The highest BCUT2D eigenvalue weighted by Crippen LogP contribution is 2.28. The van der Waals surface area contributed by atoms with Gasteiger partial charge >= 0.3 is 0 Å². The molecule has 4 nitrogen and oxygen atoms in total. The number of hydrogen-bond donors (Lipinski definition) is 0. The van der Waals surface area contributed by atoms with Gasteiger partial charge in [0, 0.05) is 17.4 Å². The first-order valence-corrected chi connectivity index (χ1v) is 8.59. The summed E-state index contributed by atoms with van der Waals surface area (Å²) >= 11 is 7.06. The number of halogens is 2. The number of rotatable bonds is 6. The Morgan fingerprint density at radius 1 is 1.33 bits per heavy atom. The van der Waals surface area contributed by atoms with E-state index in [2.05, 4.69) is 43.9 Å². The molecule has 0 bridgehead atoms. The van der Waals surface area contributed by atoms with Gasteiger partial charge in [-0.2, -0.15) is 5.10 Å². The summed E-state index contributed by atoms with van der Waals surface area (Å²) in [5.74, 6) is 1.67. The fourth-order valence-corrected chi connectivity index (χ4v) is 2.92. The zero-order valence-electron chi connectivity index (χ0n) is 12.3. The molecule has 0 aliphatic rings. The molecule has 0 atom stereocenters. The topological polar surface area (TPSA) is 36.3 Å². The van der Waals surface area contributed by atoms with Crippen molar-refractivity contribution in [1.29, 1.82) is 0 Å². The average molecular weight is 418 g/mol. The maximum Gasteiger partial charge on any atom is 0.131 e. The summed E-state index contributed by atoms with van der Waals surface area (Å²) in [4.78, 5) is 0. The van der Waals surface area contributed by atoms with Crippen LogP contribution in [0.2, 0.25) is 0 Å². The van der Waals surface area contributed by atoms with Crippen LogP contribution in [0.4, 0.5) is 0 Å². The molecule has 0 amide bonds. The number of ether oxygens (including phenoxy) is 2. The van der Waals surface area contributed by atoms with Crippen LogP contribution in [0.3, 0.4) is 0 Å². The van der Waals surface area contributed by atoms with Crippen LogP contribution in [-0.4, -0.2) is 16.9 Å². The Labute approximate surface area is 141 Å². The average Bonchev–Trinajstić information content (AvgIpc) is 2.79. The molecule has 6 heteroatoms. The van der Waals surface area contributed by atoms with Crippen LogP contribution in [0.5, 0.6) is 11.5 Å². The number of methoxy groups -OCH3 is 1. The third-order valence-corrected chi connectivity index (χ3v) is 4.86. The molecule has 114 valence electrons. The van der Waals surface area contributed by atoms with E-state index in [0.29, 0.717) is 11.9 Å². The van der Waals surface area contributed by atoms with E-state index >= 15 is 0 Å². The van der Waals surface area contributed by atoms with E-state index in [1.807, 2.05) is 29.8 Å². The molecule has 0 aliphatic carbocycles. The standard InChI is InChI=1S/C15H18Br2N2O2/c1-4-19-13(15(17)10(2)18-19)9-21-14-6-5-12(20-3)7-11(14)8-16/h5-7H,4,8-9H2,1-3H3. The Hall–Kier alpha value is -1.01. The predicted octanol–water partition coefficient (Wildman–Crippen LogP) is 4.46. The van der Waals surface area contributed by atoms with Crippen LogP contribution in [0.15, 0.2) is 22.7 Å². The van der Waals surface area contributed by atoms with Crippen LogP contribution in [-0.2, 0) is 18.5 Å². The zero-order valence-corrected chi connectivity index (χ0v) is 15.5. The summed E-state index contributed by atoms with van der Waals surface area (Å²) in [7, 11) is 1.66. The Bertz CT molecular complexity index is 626. The van der Waals surface area contributed by atoms with Crippen molar-refractivity contribution in [2.75, 3.05) is 7.11 Å². The Morgan fingerprint density at radius 2 is 2.10 bits per heavy atom. The van der Waals surface area contributed by atoms with Crippen molar-refractivity contribution < 1.29 is 9.47 Å². The molecule has 2 rings (SSSR count). The van der Waals surface area contributed by atoms with E-state index in [0.717, 1.165) is 39.5 Å². The largest absolute Gasteiger partial charge is 0.497 e. The van der Waals surface area contributed by atoms with Crippen LogP contribution >= 0.6 is 31.9 Å². The monoisotopic (exact) mass is 416 g/mol. The Morgan fingerprint density at radius 3 is 2.71 bits per heavy atom. The number of aryl methyl sites for hydroxylation is 2. The quantitative estimate of drug-likeness (QED) is 0.651. The van der Waals surface area contributed by atoms with Crippen LogP contribution in [0, 0.1) is 6.92 Å². The number of aromatic nitrogens is 2. The van der Waals surface area contributed by atoms with Crippen LogP contribution in [0.1, 0.15) is 23.9 Å². The molecule has 21 heavy (non-hydrogen) atoms. The van der Waals surface area contributed by atoms with Gasteiger partial charge in [0.15, 0.2) is 0 Å². The van der Waals surface area contributed by atoms with Crippen molar-refractivity contribution in [2.24, 2.45) is 0 Å². The van der Waals surface area contributed by atoms with Gasteiger partial charge < -0.3 is 9.47 Å². The minimum Gasteiger partial charge on any atom is -0.497 e. The summed E-state index contributed by atoms with van der Waals surface area (Å²) in [6, 6.07) is 5.81. The van der Waals surface area contributed by atoms with Crippen molar-refractivity contribution >= 4 is 31.9 Å². The van der Waals surface area contributed by atoms with Gasteiger partial charge in [-0.1, -0.05) is 15.9 Å². The molecule has 0 spiro atoms. The molecule has 0 unspecified atom stereocenters. The first-order chi connectivity index (χ1) is 10.1. The van der Waals surface area contributed by atoms with E-state index in [-0.39, 0.29) is 0 Å². The Kier molecular flexibility index (Phi) is 5.70. The number of benzene rings is 1. The molecular weight excluding hydrogens is 400 g/mol. The summed E-state index contributed by atoms with van der Waals surface area (Å²) < 4.78 is 14.2. The molecule has 0 saturated heterocycles. The van der Waals surface area contributed by atoms with Crippen molar-refractivity contribution in [3.8, 4) is 11.5 Å². The van der Waals surface area contributed by atoms with E-state index < -0.39 is 0 Å². The first-order valence-electron chi connectivity index (χ1n) is 6.68. The summed E-state index contributed by atoms with van der Waals surface area (Å²) in [6.45, 7) is 5.34. The third kappa shape index (κ3) is 3.61. The van der Waals surface area contributed by atoms with E-state index in [4.69, 9.17) is 9.47 Å². The lowest BCUT2D eigenvalue weighted by Gasteiger charge is -2.12. The van der Waals surface area contributed by atoms with Gasteiger partial charge in [-0.15, -0.1) is 0 Å². The fraction of sp³-hybridized carbons (Fsp3) is 0.400. The molecule has 0 N–H and O–H groups in total. The van der Waals surface area contributed by atoms with Crippen molar-refractivity contribution in [1.82, 2.24) is 9.78 Å².